The molecule has 116 valence electrons. The molecule has 1 amide bonds. The Morgan fingerprint density at radius 3 is 2.62 bits per heavy atom. The molecule has 1 heterocycles. The van der Waals surface area contributed by atoms with Crippen LogP contribution in [0.15, 0.2) is 30.3 Å². The number of rotatable bonds is 5. The standard InChI is InChI=1S/C17H26N2O2/c1-3-14(2)19(16-9-11-18-12-10-16)17(20)21-13-15-7-5-4-6-8-15/h4-8,14,16,18H,3,9-13H2,1-2H3. The maximum atomic E-state index is 12.5. The first-order valence-electron chi connectivity index (χ1n) is 7.92. The number of ether oxygens (including phenoxy) is 1. The second-order valence-corrected chi connectivity index (χ2v) is 5.69. The van der Waals surface area contributed by atoms with Gasteiger partial charge < -0.3 is 15.0 Å². The lowest BCUT2D eigenvalue weighted by molar-refractivity contribution is 0.0555. The van der Waals surface area contributed by atoms with Crippen molar-refractivity contribution in [2.75, 3.05) is 13.1 Å². The number of carbonyl (C=O) groups is 1. The summed E-state index contributed by atoms with van der Waals surface area (Å²) in [4.78, 5) is 14.4. The second kappa shape index (κ2) is 8.03. The third-order valence-electron chi connectivity index (χ3n) is 4.18. The Balaban J connectivity index is 1.96. The highest BCUT2D eigenvalue weighted by Crippen LogP contribution is 2.19. The summed E-state index contributed by atoms with van der Waals surface area (Å²) in [6.07, 6.45) is 2.78. The lowest BCUT2D eigenvalue weighted by Gasteiger charge is -2.37. The number of benzene rings is 1. The summed E-state index contributed by atoms with van der Waals surface area (Å²) in [6.45, 7) is 6.51. The van der Waals surface area contributed by atoms with Gasteiger partial charge in [-0.05, 0) is 44.8 Å². The number of hydrogen-bond acceptors (Lipinski definition) is 3. The van der Waals surface area contributed by atoms with Crippen molar-refractivity contribution in [2.45, 2.75) is 51.8 Å². The fourth-order valence-electron chi connectivity index (χ4n) is 2.76. The van der Waals surface area contributed by atoms with Crippen molar-refractivity contribution in [3.8, 4) is 0 Å². The fraction of sp³-hybridized carbons (Fsp3) is 0.588. The quantitative estimate of drug-likeness (QED) is 0.905. The van der Waals surface area contributed by atoms with Crippen molar-refractivity contribution < 1.29 is 9.53 Å². The van der Waals surface area contributed by atoms with Crippen LogP contribution in [0.4, 0.5) is 4.79 Å². The zero-order valence-electron chi connectivity index (χ0n) is 13.0. The summed E-state index contributed by atoms with van der Waals surface area (Å²) in [7, 11) is 0. The molecule has 1 aromatic rings. The molecule has 0 aromatic heterocycles. The van der Waals surface area contributed by atoms with Crippen LogP contribution in [0.3, 0.4) is 0 Å². The van der Waals surface area contributed by atoms with E-state index in [0.29, 0.717) is 12.6 Å². The van der Waals surface area contributed by atoms with Crippen molar-refractivity contribution in [2.24, 2.45) is 0 Å². The number of hydrogen-bond donors (Lipinski definition) is 1. The molecule has 1 aromatic carbocycles. The highest BCUT2D eigenvalue weighted by Gasteiger charge is 2.29. The van der Waals surface area contributed by atoms with Gasteiger partial charge in [0.25, 0.3) is 0 Å². The Morgan fingerprint density at radius 2 is 2.00 bits per heavy atom. The summed E-state index contributed by atoms with van der Waals surface area (Å²) in [6, 6.07) is 10.4. The van der Waals surface area contributed by atoms with E-state index in [-0.39, 0.29) is 12.1 Å². The first kappa shape index (κ1) is 15.8. The van der Waals surface area contributed by atoms with Crippen LogP contribution in [0.25, 0.3) is 0 Å². The molecule has 1 atom stereocenters. The Hall–Kier alpha value is -1.55. The highest BCUT2D eigenvalue weighted by molar-refractivity contribution is 5.68. The van der Waals surface area contributed by atoms with Crippen molar-refractivity contribution >= 4 is 6.09 Å². The minimum atomic E-state index is -0.180. The smallest absolute Gasteiger partial charge is 0.410 e. The third kappa shape index (κ3) is 4.46. The van der Waals surface area contributed by atoms with Gasteiger partial charge in [0.2, 0.25) is 0 Å². The monoisotopic (exact) mass is 290 g/mol. The molecule has 2 rings (SSSR count). The fourth-order valence-corrected chi connectivity index (χ4v) is 2.76. The van der Waals surface area contributed by atoms with Crippen LogP contribution < -0.4 is 5.32 Å². The Morgan fingerprint density at radius 1 is 1.33 bits per heavy atom. The van der Waals surface area contributed by atoms with E-state index >= 15 is 0 Å². The van der Waals surface area contributed by atoms with Gasteiger partial charge in [0.15, 0.2) is 0 Å². The zero-order valence-corrected chi connectivity index (χ0v) is 13.0. The van der Waals surface area contributed by atoms with E-state index in [0.717, 1.165) is 37.9 Å². The van der Waals surface area contributed by atoms with E-state index in [1.165, 1.54) is 0 Å². The highest BCUT2D eigenvalue weighted by atomic mass is 16.6. The topological polar surface area (TPSA) is 41.6 Å². The first-order chi connectivity index (χ1) is 10.2. The predicted octanol–water partition coefficient (Wildman–Crippen LogP) is 3.18. The van der Waals surface area contributed by atoms with Gasteiger partial charge in [0.1, 0.15) is 6.61 Å². The van der Waals surface area contributed by atoms with E-state index in [2.05, 4.69) is 19.2 Å². The molecule has 1 aliphatic heterocycles. The van der Waals surface area contributed by atoms with Crippen LogP contribution in [0, 0.1) is 0 Å². The van der Waals surface area contributed by atoms with Gasteiger partial charge in [-0.3, -0.25) is 0 Å². The summed E-state index contributed by atoms with van der Waals surface area (Å²) >= 11 is 0. The van der Waals surface area contributed by atoms with Crippen LogP contribution in [0.5, 0.6) is 0 Å². The molecule has 21 heavy (non-hydrogen) atoms. The Bertz CT molecular complexity index is 430. The summed E-state index contributed by atoms with van der Waals surface area (Å²) in [5.74, 6) is 0. The SMILES string of the molecule is CCC(C)N(C(=O)OCc1ccccc1)C1CCNCC1. The van der Waals surface area contributed by atoms with Crippen LogP contribution in [-0.2, 0) is 11.3 Å². The van der Waals surface area contributed by atoms with Crippen molar-refractivity contribution in [3.05, 3.63) is 35.9 Å². The van der Waals surface area contributed by atoms with E-state index in [4.69, 9.17) is 4.74 Å². The molecule has 1 saturated heterocycles. The normalized spacial score (nSPS) is 17.2. The van der Waals surface area contributed by atoms with E-state index in [9.17, 15) is 4.79 Å². The van der Waals surface area contributed by atoms with Gasteiger partial charge >= 0.3 is 6.09 Å². The summed E-state index contributed by atoms with van der Waals surface area (Å²) in [5, 5.41) is 3.34. The Kier molecular flexibility index (Phi) is 6.05. The second-order valence-electron chi connectivity index (χ2n) is 5.69. The minimum Gasteiger partial charge on any atom is -0.445 e. The van der Waals surface area contributed by atoms with Crippen molar-refractivity contribution in [1.82, 2.24) is 10.2 Å². The maximum Gasteiger partial charge on any atom is 0.410 e. The van der Waals surface area contributed by atoms with Crippen molar-refractivity contribution in [1.29, 1.82) is 0 Å². The molecule has 4 heteroatoms. The van der Waals surface area contributed by atoms with E-state index in [1.807, 2.05) is 35.2 Å². The van der Waals surface area contributed by atoms with Gasteiger partial charge in [-0.15, -0.1) is 0 Å². The van der Waals surface area contributed by atoms with Gasteiger partial charge in [-0.25, -0.2) is 4.79 Å². The number of carbonyl (C=O) groups excluding carboxylic acids is 1. The van der Waals surface area contributed by atoms with E-state index < -0.39 is 0 Å². The number of piperidine rings is 1. The van der Waals surface area contributed by atoms with Crippen LogP contribution in [0.1, 0.15) is 38.7 Å². The molecule has 1 unspecified atom stereocenters. The van der Waals surface area contributed by atoms with Crippen molar-refractivity contribution in [3.63, 3.8) is 0 Å². The number of nitrogens with one attached hydrogen (secondary N) is 1. The van der Waals surface area contributed by atoms with Gasteiger partial charge in [0, 0.05) is 12.1 Å². The molecule has 0 bridgehead atoms. The maximum absolute atomic E-state index is 12.5. The van der Waals surface area contributed by atoms with E-state index in [1.54, 1.807) is 0 Å². The largest absolute Gasteiger partial charge is 0.445 e. The first-order valence-corrected chi connectivity index (χ1v) is 7.92. The summed E-state index contributed by atoms with van der Waals surface area (Å²) < 4.78 is 5.53. The average molecular weight is 290 g/mol. The molecule has 0 spiro atoms. The average Bonchev–Trinajstić information content (AvgIpc) is 2.55. The molecule has 4 nitrogen and oxygen atoms in total. The molecule has 0 radical (unpaired) electrons. The third-order valence-corrected chi connectivity index (χ3v) is 4.18. The number of nitrogens with zero attached hydrogens (tertiary/aromatic N) is 1. The molecule has 1 fully saturated rings. The molecule has 1 aliphatic rings. The van der Waals surface area contributed by atoms with Crippen LogP contribution in [0.2, 0.25) is 0 Å². The molecular formula is C17H26N2O2. The lowest BCUT2D eigenvalue weighted by atomic mass is 10.0. The molecule has 0 aliphatic carbocycles. The predicted molar refractivity (Wildman–Crippen MR) is 84.1 cm³/mol. The Labute approximate surface area is 127 Å². The lowest BCUT2D eigenvalue weighted by Crippen LogP contribution is -2.50. The zero-order chi connectivity index (χ0) is 15.1. The molecule has 1 N–H and O–H groups in total. The van der Waals surface area contributed by atoms with Gasteiger partial charge in [-0.2, -0.15) is 0 Å². The van der Waals surface area contributed by atoms with Crippen LogP contribution in [-0.4, -0.2) is 36.2 Å². The van der Waals surface area contributed by atoms with Crippen LogP contribution >= 0.6 is 0 Å². The minimum absolute atomic E-state index is 0.180. The number of amides is 1. The molecular weight excluding hydrogens is 264 g/mol. The van der Waals surface area contributed by atoms with Gasteiger partial charge in [0.05, 0.1) is 0 Å². The van der Waals surface area contributed by atoms with Gasteiger partial charge in [-0.1, -0.05) is 37.3 Å². The molecule has 0 saturated carbocycles. The summed E-state index contributed by atoms with van der Waals surface area (Å²) in [5.41, 5.74) is 1.03.